The first-order valence-corrected chi connectivity index (χ1v) is 8.36. The van der Waals surface area contributed by atoms with Gasteiger partial charge in [0.1, 0.15) is 5.69 Å². The molecule has 132 valence electrons. The highest BCUT2D eigenvalue weighted by Crippen LogP contribution is 2.11. The molecule has 0 saturated heterocycles. The SMILES string of the molecule is Cc1ccc(CNC(=O)Cc2c(C)nc(-c3ccccn3)[nH]c2=O)cc1. The summed E-state index contributed by atoms with van der Waals surface area (Å²) < 4.78 is 0. The van der Waals surface area contributed by atoms with Gasteiger partial charge in [-0.25, -0.2) is 4.98 Å². The topological polar surface area (TPSA) is 87.7 Å². The van der Waals surface area contributed by atoms with E-state index in [1.54, 1.807) is 25.3 Å². The maximum atomic E-state index is 12.4. The van der Waals surface area contributed by atoms with E-state index in [4.69, 9.17) is 0 Å². The van der Waals surface area contributed by atoms with Gasteiger partial charge in [0, 0.05) is 24.0 Å². The van der Waals surface area contributed by atoms with Gasteiger partial charge in [-0.15, -0.1) is 0 Å². The van der Waals surface area contributed by atoms with E-state index < -0.39 is 0 Å². The van der Waals surface area contributed by atoms with Gasteiger partial charge < -0.3 is 10.3 Å². The molecule has 2 aromatic heterocycles. The number of aromatic amines is 1. The van der Waals surface area contributed by atoms with E-state index in [1.807, 2.05) is 37.3 Å². The number of carbonyl (C=O) groups excluding carboxylic acids is 1. The van der Waals surface area contributed by atoms with Crippen LogP contribution in [-0.4, -0.2) is 20.9 Å². The Labute approximate surface area is 151 Å². The summed E-state index contributed by atoms with van der Waals surface area (Å²) in [7, 11) is 0. The minimum absolute atomic E-state index is 0.0114. The second-order valence-corrected chi connectivity index (χ2v) is 6.13. The standard InChI is InChI=1S/C20H20N4O2/c1-13-6-8-15(9-7-13)12-22-18(25)11-16-14(2)23-19(24-20(16)26)17-5-3-4-10-21-17/h3-10H,11-12H2,1-2H3,(H,22,25)(H,23,24,26). The van der Waals surface area contributed by atoms with Gasteiger partial charge in [-0.2, -0.15) is 0 Å². The third-order valence-corrected chi connectivity index (χ3v) is 4.08. The van der Waals surface area contributed by atoms with Crippen LogP contribution >= 0.6 is 0 Å². The molecule has 0 radical (unpaired) electrons. The Morgan fingerprint density at radius 2 is 1.88 bits per heavy atom. The lowest BCUT2D eigenvalue weighted by molar-refractivity contribution is -0.120. The normalized spacial score (nSPS) is 10.5. The lowest BCUT2D eigenvalue weighted by Crippen LogP contribution is -2.28. The average molecular weight is 348 g/mol. The van der Waals surface area contributed by atoms with Crippen LogP contribution in [0.4, 0.5) is 0 Å². The van der Waals surface area contributed by atoms with Crippen molar-refractivity contribution in [1.29, 1.82) is 0 Å². The van der Waals surface area contributed by atoms with Gasteiger partial charge in [-0.3, -0.25) is 14.6 Å². The lowest BCUT2D eigenvalue weighted by atomic mass is 10.1. The van der Waals surface area contributed by atoms with E-state index >= 15 is 0 Å². The summed E-state index contributed by atoms with van der Waals surface area (Å²) >= 11 is 0. The van der Waals surface area contributed by atoms with Crippen molar-refractivity contribution in [2.45, 2.75) is 26.8 Å². The van der Waals surface area contributed by atoms with E-state index in [9.17, 15) is 9.59 Å². The summed E-state index contributed by atoms with van der Waals surface area (Å²) in [6, 6.07) is 13.3. The lowest BCUT2D eigenvalue weighted by Gasteiger charge is -2.08. The number of rotatable bonds is 5. The third kappa shape index (κ3) is 4.22. The summed E-state index contributed by atoms with van der Waals surface area (Å²) in [6.07, 6.45) is 1.62. The molecule has 2 N–H and O–H groups in total. The number of benzene rings is 1. The molecule has 3 rings (SSSR count). The fourth-order valence-corrected chi connectivity index (χ4v) is 2.57. The quantitative estimate of drug-likeness (QED) is 0.741. The first-order chi connectivity index (χ1) is 12.5. The zero-order valence-electron chi connectivity index (χ0n) is 14.7. The number of carbonyl (C=O) groups is 1. The maximum absolute atomic E-state index is 12.4. The summed E-state index contributed by atoms with van der Waals surface area (Å²) in [6.45, 7) is 4.17. The van der Waals surface area contributed by atoms with E-state index in [0.717, 1.165) is 5.56 Å². The second kappa shape index (κ2) is 7.74. The van der Waals surface area contributed by atoms with Crippen molar-refractivity contribution in [3.8, 4) is 11.5 Å². The number of amides is 1. The van der Waals surface area contributed by atoms with Crippen LogP contribution in [-0.2, 0) is 17.8 Å². The Hall–Kier alpha value is -3.28. The number of nitrogens with one attached hydrogen (secondary N) is 2. The zero-order valence-corrected chi connectivity index (χ0v) is 14.7. The number of nitrogens with zero attached hydrogens (tertiary/aromatic N) is 2. The monoisotopic (exact) mass is 348 g/mol. The highest BCUT2D eigenvalue weighted by Gasteiger charge is 2.13. The van der Waals surface area contributed by atoms with Gasteiger partial charge in [0.25, 0.3) is 5.56 Å². The second-order valence-electron chi connectivity index (χ2n) is 6.13. The molecule has 3 aromatic rings. The molecule has 0 bridgehead atoms. The Bertz CT molecular complexity index is 963. The summed E-state index contributed by atoms with van der Waals surface area (Å²) in [5.74, 6) is 0.184. The van der Waals surface area contributed by atoms with Crippen molar-refractivity contribution in [2.24, 2.45) is 0 Å². The van der Waals surface area contributed by atoms with Crippen molar-refractivity contribution in [2.75, 3.05) is 0 Å². The van der Waals surface area contributed by atoms with Crippen molar-refractivity contribution in [1.82, 2.24) is 20.3 Å². The van der Waals surface area contributed by atoms with Gasteiger partial charge in [-0.1, -0.05) is 35.9 Å². The average Bonchev–Trinajstić information content (AvgIpc) is 2.65. The molecule has 0 fully saturated rings. The van der Waals surface area contributed by atoms with Crippen LogP contribution in [0.15, 0.2) is 53.5 Å². The molecule has 0 aliphatic carbocycles. The van der Waals surface area contributed by atoms with E-state index in [2.05, 4.69) is 20.3 Å². The van der Waals surface area contributed by atoms with Crippen molar-refractivity contribution in [3.63, 3.8) is 0 Å². The summed E-state index contributed by atoms with van der Waals surface area (Å²) in [5.41, 5.74) is 3.34. The number of hydrogen-bond donors (Lipinski definition) is 2. The van der Waals surface area contributed by atoms with Gasteiger partial charge in [0.2, 0.25) is 5.91 Å². The van der Waals surface area contributed by atoms with Crippen molar-refractivity contribution in [3.05, 3.63) is 81.4 Å². The van der Waals surface area contributed by atoms with Crippen molar-refractivity contribution < 1.29 is 4.79 Å². The number of hydrogen-bond acceptors (Lipinski definition) is 4. The predicted molar refractivity (Wildman–Crippen MR) is 99.6 cm³/mol. The fourth-order valence-electron chi connectivity index (χ4n) is 2.57. The molecular formula is C20H20N4O2. The molecule has 6 nitrogen and oxygen atoms in total. The van der Waals surface area contributed by atoms with Crippen LogP contribution in [0.25, 0.3) is 11.5 Å². The maximum Gasteiger partial charge on any atom is 0.255 e. The molecule has 0 spiro atoms. The van der Waals surface area contributed by atoms with Gasteiger partial charge in [0.05, 0.1) is 6.42 Å². The molecule has 0 aliphatic heterocycles. The van der Waals surface area contributed by atoms with E-state index in [0.29, 0.717) is 29.3 Å². The molecular weight excluding hydrogens is 328 g/mol. The van der Waals surface area contributed by atoms with E-state index in [-0.39, 0.29) is 17.9 Å². The molecule has 0 atom stereocenters. The Balaban J connectivity index is 1.70. The number of H-pyrrole nitrogens is 1. The number of aryl methyl sites for hydroxylation is 2. The molecule has 2 heterocycles. The molecule has 26 heavy (non-hydrogen) atoms. The highest BCUT2D eigenvalue weighted by molar-refractivity contribution is 5.78. The molecule has 0 aliphatic rings. The fraction of sp³-hybridized carbons (Fsp3) is 0.200. The largest absolute Gasteiger partial charge is 0.352 e. The summed E-state index contributed by atoms with van der Waals surface area (Å²) in [4.78, 5) is 35.9. The first-order valence-electron chi connectivity index (χ1n) is 8.36. The Kier molecular flexibility index (Phi) is 5.22. The Morgan fingerprint density at radius 3 is 2.54 bits per heavy atom. The van der Waals surface area contributed by atoms with Crippen LogP contribution in [0.1, 0.15) is 22.4 Å². The molecule has 0 saturated carbocycles. The van der Waals surface area contributed by atoms with E-state index in [1.165, 1.54) is 5.56 Å². The third-order valence-electron chi connectivity index (χ3n) is 4.08. The van der Waals surface area contributed by atoms with Crippen molar-refractivity contribution >= 4 is 5.91 Å². The smallest absolute Gasteiger partial charge is 0.255 e. The zero-order chi connectivity index (χ0) is 18.5. The van der Waals surface area contributed by atoms with Gasteiger partial charge in [-0.05, 0) is 31.5 Å². The first kappa shape index (κ1) is 17.5. The highest BCUT2D eigenvalue weighted by atomic mass is 16.2. The molecule has 1 aromatic carbocycles. The van der Waals surface area contributed by atoms with Crippen LogP contribution in [0.5, 0.6) is 0 Å². The predicted octanol–water partition coefficient (Wildman–Crippen LogP) is 2.31. The van der Waals surface area contributed by atoms with Crippen LogP contribution in [0.2, 0.25) is 0 Å². The Morgan fingerprint density at radius 1 is 1.12 bits per heavy atom. The molecule has 6 heteroatoms. The number of pyridine rings is 1. The summed E-state index contributed by atoms with van der Waals surface area (Å²) in [5, 5.41) is 2.84. The van der Waals surface area contributed by atoms with Crippen LogP contribution in [0.3, 0.4) is 0 Å². The molecule has 1 amide bonds. The van der Waals surface area contributed by atoms with Gasteiger partial charge >= 0.3 is 0 Å². The van der Waals surface area contributed by atoms with Crippen LogP contribution < -0.4 is 10.9 Å². The number of aromatic nitrogens is 3. The minimum atomic E-state index is -0.316. The van der Waals surface area contributed by atoms with Crippen LogP contribution in [0, 0.1) is 13.8 Å². The van der Waals surface area contributed by atoms with Gasteiger partial charge in [0.15, 0.2) is 5.82 Å². The minimum Gasteiger partial charge on any atom is -0.352 e. The molecule has 0 unspecified atom stereocenters.